The normalized spacial score (nSPS) is 21.5. The number of carboxylic acids is 1. The molecular formula is C28H34N2O5. The van der Waals surface area contributed by atoms with Crippen LogP contribution in [0.25, 0.3) is 11.1 Å². The molecule has 186 valence electrons. The first-order valence-corrected chi connectivity index (χ1v) is 12.3. The molecule has 2 aliphatic rings. The summed E-state index contributed by atoms with van der Waals surface area (Å²) in [4.78, 5) is 37.2. The highest BCUT2D eigenvalue weighted by Gasteiger charge is 2.42. The standard InChI is InChI=1S/C28H34N2O5/c1-27(2,16-24(31)29-28(3)15-9-8-14-23(28)25(32)33)30-26(34)35-17-22-20-12-6-4-10-18(20)19-11-5-7-13-21(19)22/h4-7,10-13,22-23H,8-9,14-17H2,1-3H3,(H,29,31)(H,30,34)(H,32,33). The number of carboxylic acid groups (broad SMARTS) is 1. The molecule has 7 nitrogen and oxygen atoms in total. The van der Waals surface area contributed by atoms with E-state index in [2.05, 4.69) is 34.9 Å². The van der Waals surface area contributed by atoms with Crippen LogP contribution < -0.4 is 10.6 Å². The molecule has 0 aromatic heterocycles. The van der Waals surface area contributed by atoms with Gasteiger partial charge in [0.2, 0.25) is 5.91 Å². The maximum absolute atomic E-state index is 12.8. The Morgan fingerprint density at radius 1 is 1.03 bits per heavy atom. The Balaban J connectivity index is 1.34. The number of carbonyl (C=O) groups excluding carboxylic acids is 2. The topological polar surface area (TPSA) is 105 Å². The maximum atomic E-state index is 12.8. The third-order valence-electron chi connectivity index (χ3n) is 7.32. The fourth-order valence-electron chi connectivity index (χ4n) is 5.60. The van der Waals surface area contributed by atoms with Gasteiger partial charge in [0.15, 0.2) is 0 Å². The predicted octanol–water partition coefficient (Wildman–Crippen LogP) is 4.84. The Morgan fingerprint density at radius 3 is 2.23 bits per heavy atom. The van der Waals surface area contributed by atoms with Crippen molar-refractivity contribution in [3.8, 4) is 11.1 Å². The van der Waals surface area contributed by atoms with E-state index in [4.69, 9.17) is 4.74 Å². The van der Waals surface area contributed by atoms with Crippen molar-refractivity contribution in [2.24, 2.45) is 5.92 Å². The van der Waals surface area contributed by atoms with Crippen LogP contribution in [0.4, 0.5) is 4.79 Å². The molecule has 2 aliphatic carbocycles. The van der Waals surface area contributed by atoms with Crippen molar-refractivity contribution >= 4 is 18.0 Å². The molecule has 7 heteroatoms. The lowest BCUT2D eigenvalue weighted by atomic mass is 9.73. The van der Waals surface area contributed by atoms with Crippen molar-refractivity contribution in [3.05, 3.63) is 59.7 Å². The van der Waals surface area contributed by atoms with Crippen molar-refractivity contribution in [2.75, 3.05) is 6.61 Å². The van der Waals surface area contributed by atoms with Crippen LogP contribution in [-0.2, 0) is 14.3 Å². The second kappa shape index (κ2) is 9.72. The second-order valence-electron chi connectivity index (χ2n) is 10.6. The summed E-state index contributed by atoms with van der Waals surface area (Å²) in [6.45, 7) is 5.51. The number of hydrogen-bond donors (Lipinski definition) is 3. The zero-order chi connectivity index (χ0) is 25.2. The zero-order valence-electron chi connectivity index (χ0n) is 20.6. The Morgan fingerprint density at radius 2 is 1.63 bits per heavy atom. The highest BCUT2D eigenvalue weighted by Crippen LogP contribution is 2.44. The minimum Gasteiger partial charge on any atom is -0.481 e. The average Bonchev–Trinajstić information content (AvgIpc) is 3.10. The number of amides is 2. The summed E-state index contributed by atoms with van der Waals surface area (Å²) in [7, 11) is 0. The van der Waals surface area contributed by atoms with Crippen LogP contribution >= 0.6 is 0 Å². The number of nitrogens with one attached hydrogen (secondary N) is 2. The summed E-state index contributed by atoms with van der Waals surface area (Å²) in [5.41, 5.74) is 2.93. The first-order valence-electron chi connectivity index (χ1n) is 12.3. The highest BCUT2D eigenvalue weighted by atomic mass is 16.5. The van der Waals surface area contributed by atoms with E-state index in [9.17, 15) is 19.5 Å². The van der Waals surface area contributed by atoms with Gasteiger partial charge in [0, 0.05) is 17.9 Å². The van der Waals surface area contributed by atoms with E-state index in [0.29, 0.717) is 12.8 Å². The van der Waals surface area contributed by atoms with Gasteiger partial charge in [-0.3, -0.25) is 9.59 Å². The van der Waals surface area contributed by atoms with Crippen LogP contribution in [-0.4, -0.2) is 40.8 Å². The molecule has 0 radical (unpaired) electrons. The van der Waals surface area contributed by atoms with E-state index in [-0.39, 0.29) is 24.9 Å². The van der Waals surface area contributed by atoms with Crippen LogP contribution in [0, 0.1) is 5.92 Å². The average molecular weight is 479 g/mol. The SMILES string of the molecule is CC(C)(CC(=O)NC1(C)CCCCC1C(=O)O)NC(=O)OCC1c2ccccc2-c2ccccc21. The van der Waals surface area contributed by atoms with Gasteiger partial charge in [-0.2, -0.15) is 0 Å². The van der Waals surface area contributed by atoms with Gasteiger partial charge in [0.05, 0.1) is 11.5 Å². The lowest BCUT2D eigenvalue weighted by Gasteiger charge is -2.40. The Bertz CT molecular complexity index is 1080. The van der Waals surface area contributed by atoms with Gasteiger partial charge in [-0.15, -0.1) is 0 Å². The molecule has 1 fully saturated rings. The van der Waals surface area contributed by atoms with Crippen molar-refractivity contribution in [2.45, 2.75) is 69.9 Å². The van der Waals surface area contributed by atoms with Crippen molar-refractivity contribution in [3.63, 3.8) is 0 Å². The van der Waals surface area contributed by atoms with E-state index in [0.717, 1.165) is 35.1 Å². The van der Waals surface area contributed by atoms with Crippen LogP contribution in [0.3, 0.4) is 0 Å². The molecule has 0 saturated heterocycles. The summed E-state index contributed by atoms with van der Waals surface area (Å²) < 4.78 is 5.62. The number of ether oxygens (including phenoxy) is 1. The molecule has 35 heavy (non-hydrogen) atoms. The van der Waals surface area contributed by atoms with Gasteiger partial charge >= 0.3 is 12.1 Å². The number of benzene rings is 2. The third kappa shape index (κ3) is 5.34. The predicted molar refractivity (Wildman–Crippen MR) is 133 cm³/mol. The summed E-state index contributed by atoms with van der Waals surface area (Å²) in [5, 5.41) is 15.3. The largest absolute Gasteiger partial charge is 0.481 e. The fraction of sp³-hybridized carbons (Fsp3) is 0.464. The number of fused-ring (bicyclic) bond motifs is 3. The Labute approximate surface area is 206 Å². The minimum atomic E-state index is -0.886. The van der Waals surface area contributed by atoms with Crippen LogP contribution in [0.15, 0.2) is 48.5 Å². The molecule has 4 rings (SSSR count). The van der Waals surface area contributed by atoms with Crippen LogP contribution in [0.1, 0.15) is 69.9 Å². The Kier molecular flexibility index (Phi) is 6.88. The number of alkyl carbamates (subject to hydrolysis) is 1. The van der Waals surface area contributed by atoms with E-state index in [1.165, 1.54) is 0 Å². The molecule has 0 bridgehead atoms. The van der Waals surface area contributed by atoms with E-state index >= 15 is 0 Å². The first kappa shape index (κ1) is 24.8. The van der Waals surface area contributed by atoms with Crippen molar-refractivity contribution in [1.29, 1.82) is 0 Å². The van der Waals surface area contributed by atoms with Crippen molar-refractivity contribution in [1.82, 2.24) is 10.6 Å². The molecule has 2 aromatic rings. The summed E-state index contributed by atoms with van der Waals surface area (Å²) in [5.74, 6) is -1.83. The number of rotatable bonds is 7. The van der Waals surface area contributed by atoms with E-state index in [1.807, 2.05) is 24.3 Å². The number of hydrogen-bond acceptors (Lipinski definition) is 4. The van der Waals surface area contributed by atoms with Gasteiger partial charge in [-0.1, -0.05) is 61.4 Å². The fourth-order valence-corrected chi connectivity index (χ4v) is 5.60. The lowest BCUT2D eigenvalue weighted by molar-refractivity contribution is -0.146. The van der Waals surface area contributed by atoms with Crippen LogP contribution in [0.2, 0.25) is 0 Å². The molecule has 0 spiro atoms. The molecule has 2 unspecified atom stereocenters. The smallest absolute Gasteiger partial charge is 0.407 e. The second-order valence-corrected chi connectivity index (χ2v) is 10.6. The Hall–Kier alpha value is -3.35. The summed E-state index contributed by atoms with van der Waals surface area (Å²) >= 11 is 0. The highest BCUT2D eigenvalue weighted by molar-refractivity contribution is 5.81. The molecule has 0 heterocycles. The maximum Gasteiger partial charge on any atom is 0.407 e. The van der Waals surface area contributed by atoms with Crippen molar-refractivity contribution < 1.29 is 24.2 Å². The van der Waals surface area contributed by atoms with Gasteiger partial charge in [0.25, 0.3) is 0 Å². The monoisotopic (exact) mass is 478 g/mol. The molecule has 0 aliphatic heterocycles. The van der Waals surface area contributed by atoms with Gasteiger partial charge in [-0.05, 0) is 55.9 Å². The van der Waals surface area contributed by atoms with E-state index in [1.54, 1.807) is 20.8 Å². The summed E-state index contributed by atoms with van der Waals surface area (Å²) in [6.07, 6.45) is 2.32. The lowest BCUT2D eigenvalue weighted by Crippen LogP contribution is -2.57. The molecule has 2 amide bonds. The molecule has 3 N–H and O–H groups in total. The van der Waals surface area contributed by atoms with Gasteiger partial charge in [-0.25, -0.2) is 4.79 Å². The first-order chi connectivity index (χ1) is 16.6. The van der Waals surface area contributed by atoms with Gasteiger partial charge < -0.3 is 20.5 Å². The molecule has 2 aromatic carbocycles. The van der Waals surface area contributed by atoms with Crippen LogP contribution in [0.5, 0.6) is 0 Å². The van der Waals surface area contributed by atoms with Gasteiger partial charge in [0.1, 0.15) is 6.61 Å². The number of carbonyl (C=O) groups is 3. The minimum absolute atomic E-state index is 0.0130. The number of aliphatic carboxylic acids is 1. The molecular weight excluding hydrogens is 444 g/mol. The summed E-state index contributed by atoms with van der Waals surface area (Å²) in [6, 6.07) is 16.3. The quantitative estimate of drug-likeness (QED) is 0.528. The zero-order valence-corrected chi connectivity index (χ0v) is 20.6. The molecule has 1 saturated carbocycles. The third-order valence-corrected chi connectivity index (χ3v) is 7.32. The molecule has 2 atom stereocenters. The van der Waals surface area contributed by atoms with E-state index < -0.39 is 29.1 Å².